The summed E-state index contributed by atoms with van der Waals surface area (Å²) in [4.78, 5) is 31.3. The smallest absolute Gasteiger partial charge is 0.250 e. The van der Waals surface area contributed by atoms with E-state index in [0.29, 0.717) is 19.5 Å². The average molecular weight is 301 g/mol. The molecule has 0 radical (unpaired) electrons. The summed E-state index contributed by atoms with van der Waals surface area (Å²) in [6.07, 6.45) is 2.09. The van der Waals surface area contributed by atoms with Gasteiger partial charge >= 0.3 is 0 Å². The van der Waals surface area contributed by atoms with Gasteiger partial charge in [0.25, 0.3) is 0 Å². The van der Waals surface area contributed by atoms with Crippen molar-refractivity contribution in [3.8, 4) is 0 Å². The minimum absolute atomic E-state index is 0.0690. The van der Waals surface area contributed by atoms with Gasteiger partial charge in [-0.25, -0.2) is 0 Å². The van der Waals surface area contributed by atoms with Gasteiger partial charge < -0.3 is 10.2 Å². The van der Waals surface area contributed by atoms with Crippen LogP contribution in [0.2, 0.25) is 0 Å². The van der Waals surface area contributed by atoms with Gasteiger partial charge in [0.2, 0.25) is 11.8 Å². The summed E-state index contributed by atoms with van der Waals surface area (Å²) in [5.41, 5.74) is 2.56. The van der Waals surface area contributed by atoms with Crippen LogP contribution in [0.5, 0.6) is 0 Å². The van der Waals surface area contributed by atoms with Crippen molar-refractivity contribution >= 4 is 23.2 Å². The Bertz CT molecular complexity index is 628. The molecule has 1 aliphatic rings. The highest BCUT2D eigenvalue weighted by Gasteiger charge is 2.31. The largest absolute Gasteiger partial charge is 0.340 e. The summed E-state index contributed by atoms with van der Waals surface area (Å²) in [7, 11) is 0. The first-order valence-corrected chi connectivity index (χ1v) is 7.62. The van der Waals surface area contributed by atoms with Crippen LogP contribution >= 0.6 is 11.3 Å². The fourth-order valence-electron chi connectivity index (χ4n) is 2.36. The monoisotopic (exact) mass is 301 g/mol. The predicted octanol–water partition coefficient (Wildman–Crippen LogP) is 1.73. The summed E-state index contributed by atoms with van der Waals surface area (Å²) in [6.45, 7) is 0.938. The molecule has 1 unspecified atom stereocenters. The lowest BCUT2D eigenvalue weighted by atomic mass is 10.1. The van der Waals surface area contributed by atoms with Crippen LogP contribution < -0.4 is 5.32 Å². The molecule has 108 valence electrons. The third-order valence-electron chi connectivity index (χ3n) is 3.44. The van der Waals surface area contributed by atoms with Gasteiger partial charge in [0.1, 0.15) is 6.04 Å². The van der Waals surface area contributed by atoms with E-state index in [1.165, 1.54) is 11.3 Å². The lowest BCUT2D eigenvalue weighted by Gasteiger charge is -2.23. The zero-order valence-corrected chi connectivity index (χ0v) is 12.2. The lowest BCUT2D eigenvalue weighted by molar-refractivity contribution is -0.134. The van der Waals surface area contributed by atoms with Gasteiger partial charge in [-0.2, -0.15) is 0 Å². The molecule has 3 rings (SSSR count). The first-order chi connectivity index (χ1) is 10.2. The standard InChI is InChI=1S/C15H15N3O2S/c19-13-6-7-18(9-12-8-16-10-21-12)15(20)14(17-13)11-4-2-1-3-5-11/h1-5,8,10,14H,6-7,9H2,(H,17,19). The van der Waals surface area contributed by atoms with Crippen LogP contribution in [0.3, 0.4) is 0 Å². The highest BCUT2D eigenvalue weighted by Crippen LogP contribution is 2.21. The Morgan fingerprint density at radius 1 is 1.29 bits per heavy atom. The highest BCUT2D eigenvalue weighted by atomic mass is 32.1. The maximum Gasteiger partial charge on any atom is 0.250 e. The van der Waals surface area contributed by atoms with Crippen molar-refractivity contribution in [1.82, 2.24) is 15.2 Å². The average Bonchev–Trinajstić information content (AvgIpc) is 2.97. The van der Waals surface area contributed by atoms with Gasteiger partial charge in [-0.1, -0.05) is 30.3 Å². The molecule has 2 heterocycles. The van der Waals surface area contributed by atoms with Gasteiger partial charge in [0.05, 0.1) is 12.1 Å². The number of carbonyl (C=O) groups excluding carboxylic acids is 2. The zero-order valence-electron chi connectivity index (χ0n) is 11.4. The second-order valence-electron chi connectivity index (χ2n) is 4.89. The van der Waals surface area contributed by atoms with E-state index in [0.717, 1.165) is 10.4 Å². The number of rotatable bonds is 3. The Kier molecular flexibility index (Phi) is 3.96. The lowest BCUT2D eigenvalue weighted by Crippen LogP contribution is -2.37. The van der Waals surface area contributed by atoms with E-state index in [4.69, 9.17) is 0 Å². The number of thiazole rings is 1. The third-order valence-corrected chi connectivity index (χ3v) is 4.20. The summed E-state index contributed by atoms with van der Waals surface area (Å²) >= 11 is 1.51. The minimum atomic E-state index is -0.603. The number of carbonyl (C=O) groups is 2. The van der Waals surface area contributed by atoms with Crippen LogP contribution in [0.15, 0.2) is 42.0 Å². The van der Waals surface area contributed by atoms with Crippen LogP contribution in [0.1, 0.15) is 22.9 Å². The highest BCUT2D eigenvalue weighted by molar-refractivity contribution is 7.09. The van der Waals surface area contributed by atoms with Crippen molar-refractivity contribution < 1.29 is 9.59 Å². The van der Waals surface area contributed by atoms with E-state index in [1.807, 2.05) is 30.3 Å². The molecule has 1 fully saturated rings. The van der Waals surface area contributed by atoms with Gasteiger partial charge in [0, 0.05) is 24.0 Å². The molecule has 0 saturated carbocycles. The van der Waals surface area contributed by atoms with E-state index in [-0.39, 0.29) is 11.8 Å². The van der Waals surface area contributed by atoms with Gasteiger partial charge in [-0.3, -0.25) is 14.6 Å². The second-order valence-corrected chi connectivity index (χ2v) is 5.86. The van der Waals surface area contributed by atoms with Gasteiger partial charge in [0.15, 0.2) is 0 Å². The molecule has 1 aromatic heterocycles. The zero-order chi connectivity index (χ0) is 14.7. The number of hydrogen-bond donors (Lipinski definition) is 1. The molecule has 1 aliphatic heterocycles. The van der Waals surface area contributed by atoms with Crippen LogP contribution in [0, 0.1) is 0 Å². The summed E-state index contributed by atoms with van der Waals surface area (Å²) < 4.78 is 0. The molecule has 0 spiro atoms. The van der Waals surface area contributed by atoms with E-state index in [9.17, 15) is 9.59 Å². The van der Waals surface area contributed by atoms with Crippen LogP contribution in [0.4, 0.5) is 0 Å². The third kappa shape index (κ3) is 3.11. The Morgan fingerprint density at radius 2 is 2.10 bits per heavy atom. The topological polar surface area (TPSA) is 62.3 Å². The van der Waals surface area contributed by atoms with Gasteiger partial charge in [-0.15, -0.1) is 11.3 Å². The molecule has 5 nitrogen and oxygen atoms in total. The molecule has 1 saturated heterocycles. The first-order valence-electron chi connectivity index (χ1n) is 6.74. The maximum absolute atomic E-state index is 12.7. The van der Waals surface area contributed by atoms with Crippen molar-refractivity contribution in [2.75, 3.05) is 6.54 Å². The van der Waals surface area contributed by atoms with Gasteiger partial charge in [-0.05, 0) is 5.56 Å². The van der Waals surface area contributed by atoms with Crippen LogP contribution in [-0.2, 0) is 16.1 Å². The number of benzene rings is 1. The number of nitrogens with zero attached hydrogens (tertiary/aromatic N) is 2. The van der Waals surface area contributed by atoms with Crippen molar-refractivity contribution in [2.24, 2.45) is 0 Å². The Hall–Kier alpha value is -2.21. The Morgan fingerprint density at radius 3 is 2.81 bits per heavy atom. The molecule has 2 amide bonds. The maximum atomic E-state index is 12.7. The molecule has 1 aromatic carbocycles. The van der Waals surface area contributed by atoms with Crippen molar-refractivity contribution in [2.45, 2.75) is 19.0 Å². The fourth-order valence-corrected chi connectivity index (χ4v) is 2.97. The summed E-state index contributed by atoms with van der Waals surface area (Å²) in [5, 5.41) is 2.81. The Labute approximate surface area is 126 Å². The molecular weight excluding hydrogens is 286 g/mol. The molecule has 1 atom stereocenters. The van der Waals surface area contributed by atoms with Crippen molar-refractivity contribution in [3.05, 3.63) is 52.5 Å². The molecule has 2 aromatic rings. The van der Waals surface area contributed by atoms with E-state index < -0.39 is 6.04 Å². The normalized spacial score (nSPS) is 19.2. The summed E-state index contributed by atoms with van der Waals surface area (Å²) in [5.74, 6) is -0.163. The summed E-state index contributed by atoms with van der Waals surface area (Å²) in [6, 6.07) is 8.74. The van der Waals surface area contributed by atoms with E-state index in [2.05, 4.69) is 10.3 Å². The molecular formula is C15H15N3O2S. The number of hydrogen-bond acceptors (Lipinski definition) is 4. The number of amides is 2. The first kappa shape index (κ1) is 13.8. The fraction of sp³-hybridized carbons (Fsp3) is 0.267. The second kappa shape index (κ2) is 6.05. The van der Waals surface area contributed by atoms with E-state index >= 15 is 0 Å². The number of aromatic nitrogens is 1. The molecule has 6 heteroatoms. The molecule has 21 heavy (non-hydrogen) atoms. The Balaban J connectivity index is 1.85. The molecule has 0 aliphatic carbocycles. The molecule has 0 bridgehead atoms. The molecule has 1 N–H and O–H groups in total. The predicted molar refractivity (Wildman–Crippen MR) is 79.5 cm³/mol. The number of nitrogens with one attached hydrogen (secondary N) is 1. The van der Waals surface area contributed by atoms with Crippen LogP contribution in [-0.4, -0.2) is 28.2 Å². The van der Waals surface area contributed by atoms with Crippen LogP contribution in [0.25, 0.3) is 0 Å². The quantitative estimate of drug-likeness (QED) is 0.939. The SMILES string of the molecule is O=C1CCN(Cc2cncs2)C(=O)C(c2ccccc2)N1. The van der Waals surface area contributed by atoms with Crippen molar-refractivity contribution in [1.29, 1.82) is 0 Å². The minimum Gasteiger partial charge on any atom is -0.340 e. The van der Waals surface area contributed by atoms with Crippen molar-refractivity contribution in [3.63, 3.8) is 0 Å². The van der Waals surface area contributed by atoms with E-state index in [1.54, 1.807) is 16.6 Å².